The molecule has 104 valence electrons. The Bertz CT molecular complexity index is 444. The lowest BCUT2D eigenvalue weighted by Crippen LogP contribution is -2.47. The van der Waals surface area contributed by atoms with E-state index in [1.54, 1.807) is 0 Å². The highest BCUT2D eigenvalue weighted by molar-refractivity contribution is 5.79. The fraction of sp³-hybridized carbons (Fsp3) is 0.562. The van der Waals surface area contributed by atoms with E-state index >= 15 is 0 Å². The van der Waals surface area contributed by atoms with E-state index in [4.69, 9.17) is 0 Å². The summed E-state index contributed by atoms with van der Waals surface area (Å²) < 4.78 is 0. The van der Waals surface area contributed by atoms with Gasteiger partial charge < -0.3 is 10.2 Å². The number of amides is 1. The number of carbonyl (C=O) groups is 1. The molecule has 0 saturated carbocycles. The maximum absolute atomic E-state index is 12.5. The standard InChI is InChI=1S/C16H24N2O/c1-12-7-4-5-8-14(12)11-18(3)16(19)15-9-6-10-17-13(15)2/h4-5,7-8,13,15,17H,6,9-11H2,1-3H3. The predicted molar refractivity (Wildman–Crippen MR) is 77.8 cm³/mol. The van der Waals surface area contributed by atoms with Gasteiger partial charge in [-0.1, -0.05) is 24.3 Å². The molecule has 1 N–H and O–H groups in total. The van der Waals surface area contributed by atoms with E-state index in [-0.39, 0.29) is 11.8 Å². The Kier molecular flexibility index (Phi) is 4.59. The van der Waals surface area contributed by atoms with Crippen LogP contribution in [0.2, 0.25) is 0 Å². The lowest BCUT2D eigenvalue weighted by molar-refractivity contribution is -0.136. The molecule has 0 spiro atoms. The molecule has 3 nitrogen and oxygen atoms in total. The van der Waals surface area contributed by atoms with Gasteiger partial charge in [0.25, 0.3) is 0 Å². The number of nitrogens with one attached hydrogen (secondary N) is 1. The predicted octanol–water partition coefficient (Wildman–Crippen LogP) is 2.34. The summed E-state index contributed by atoms with van der Waals surface area (Å²) in [5.74, 6) is 0.394. The molecule has 1 aliphatic rings. The quantitative estimate of drug-likeness (QED) is 0.904. The van der Waals surface area contributed by atoms with Crippen molar-refractivity contribution in [1.29, 1.82) is 0 Å². The summed E-state index contributed by atoms with van der Waals surface area (Å²) in [5, 5.41) is 3.40. The number of aryl methyl sites for hydroxylation is 1. The Morgan fingerprint density at radius 2 is 2.16 bits per heavy atom. The zero-order valence-corrected chi connectivity index (χ0v) is 12.1. The molecule has 2 unspecified atom stereocenters. The van der Waals surface area contributed by atoms with Crippen LogP contribution in [-0.4, -0.2) is 30.4 Å². The van der Waals surface area contributed by atoms with Gasteiger partial charge in [-0.3, -0.25) is 4.79 Å². The maximum atomic E-state index is 12.5. The Balaban J connectivity index is 2.01. The van der Waals surface area contributed by atoms with Crippen LogP contribution < -0.4 is 5.32 Å². The van der Waals surface area contributed by atoms with Crippen molar-refractivity contribution in [1.82, 2.24) is 10.2 Å². The summed E-state index contributed by atoms with van der Waals surface area (Å²) in [4.78, 5) is 14.4. The first-order valence-electron chi connectivity index (χ1n) is 7.12. The molecule has 0 aromatic heterocycles. The molecule has 1 amide bonds. The van der Waals surface area contributed by atoms with E-state index in [2.05, 4.69) is 31.3 Å². The van der Waals surface area contributed by atoms with Crippen molar-refractivity contribution < 1.29 is 4.79 Å². The van der Waals surface area contributed by atoms with E-state index in [1.807, 2.05) is 24.1 Å². The number of hydrogen-bond acceptors (Lipinski definition) is 2. The monoisotopic (exact) mass is 260 g/mol. The van der Waals surface area contributed by atoms with Crippen molar-refractivity contribution in [2.24, 2.45) is 5.92 Å². The van der Waals surface area contributed by atoms with E-state index in [0.717, 1.165) is 19.4 Å². The van der Waals surface area contributed by atoms with Gasteiger partial charge in [0.2, 0.25) is 5.91 Å². The molecular weight excluding hydrogens is 236 g/mol. The van der Waals surface area contributed by atoms with Crippen LogP contribution in [0.1, 0.15) is 30.9 Å². The number of rotatable bonds is 3. The van der Waals surface area contributed by atoms with Crippen LogP contribution >= 0.6 is 0 Å². The highest BCUT2D eigenvalue weighted by atomic mass is 16.2. The summed E-state index contributed by atoms with van der Waals surface area (Å²) in [6.45, 7) is 5.95. The fourth-order valence-corrected chi connectivity index (χ4v) is 2.79. The second-order valence-corrected chi connectivity index (χ2v) is 5.61. The van der Waals surface area contributed by atoms with Crippen molar-refractivity contribution in [3.05, 3.63) is 35.4 Å². The molecule has 0 bridgehead atoms. The van der Waals surface area contributed by atoms with Crippen LogP contribution in [0.4, 0.5) is 0 Å². The lowest BCUT2D eigenvalue weighted by atomic mass is 9.90. The first-order valence-corrected chi connectivity index (χ1v) is 7.12. The number of nitrogens with zero attached hydrogens (tertiary/aromatic N) is 1. The van der Waals surface area contributed by atoms with Gasteiger partial charge in [-0.15, -0.1) is 0 Å². The van der Waals surface area contributed by atoms with Crippen LogP contribution in [0.3, 0.4) is 0 Å². The first-order chi connectivity index (χ1) is 9.09. The zero-order valence-electron chi connectivity index (χ0n) is 12.1. The van der Waals surface area contributed by atoms with Crippen molar-refractivity contribution in [2.75, 3.05) is 13.6 Å². The summed E-state index contributed by atoms with van der Waals surface area (Å²) in [6, 6.07) is 8.56. The van der Waals surface area contributed by atoms with Gasteiger partial charge in [0.1, 0.15) is 0 Å². The molecule has 1 aromatic rings. The SMILES string of the molecule is Cc1ccccc1CN(C)C(=O)C1CCCNC1C. The molecule has 0 aliphatic carbocycles. The average molecular weight is 260 g/mol. The van der Waals surface area contributed by atoms with Gasteiger partial charge in [0, 0.05) is 19.6 Å². The molecular formula is C16H24N2O. The molecule has 1 aliphatic heterocycles. The number of hydrogen-bond donors (Lipinski definition) is 1. The fourth-order valence-electron chi connectivity index (χ4n) is 2.79. The second kappa shape index (κ2) is 6.20. The van der Waals surface area contributed by atoms with Crippen LogP contribution in [0.5, 0.6) is 0 Å². The van der Waals surface area contributed by atoms with Crippen molar-refractivity contribution in [3.63, 3.8) is 0 Å². The molecule has 2 atom stereocenters. The van der Waals surface area contributed by atoms with Gasteiger partial charge >= 0.3 is 0 Å². The Morgan fingerprint density at radius 1 is 1.42 bits per heavy atom. The smallest absolute Gasteiger partial charge is 0.227 e. The Morgan fingerprint density at radius 3 is 2.84 bits per heavy atom. The van der Waals surface area contributed by atoms with Gasteiger partial charge in [0.05, 0.1) is 5.92 Å². The molecule has 1 heterocycles. The van der Waals surface area contributed by atoms with E-state index in [1.165, 1.54) is 11.1 Å². The third-order valence-corrected chi connectivity index (χ3v) is 4.12. The minimum Gasteiger partial charge on any atom is -0.341 e. The van der Waals surface area contributed by atoms with E-state index in [9.17, 15) is 4.79 Å². The van der Waals surface area contributed by atoms with Crippen LogP contribution in [-0.2, 0) is 11.3 Å². The summed E-state index contributed by atoms with van der Waals surface area (Å²) >= 11 is 0. The highest BCUT2D eigenvalue weighted by Crippen LogP contribution is 2.20. The molecule has 0 radical (unpaired) electrons. The Labute approximate surface area is 116 Å². The van der Waals surface area contributed by atoms with Crippen molar-refractivity contribution in [2.45, 2.75) is 39.3 Å². The van der Waals surface area contributed by atoms with Gasteiger partial charge in [0.15, 0.2) is 0 Å². The molecule has 1 saturated heterocycles. The van der Waals surface area contributed by atoms with Gasteiger partial charge in [-0.05, 0) is 44.4 Å². The van der Waals surface area contributed by atoms with E-state index < -0.39 is 0 Å². The molecule has 1 aromatic carbocycles. The van der Waals surface area contributed by atoms with Crippen molar-refractivity contribution in [3.8, 4) is 0 Å². The van der Waals surface area contributed by atoms with Crippen LogP contribution in [0.25, 0.3) is 0 Å². The maximum Gasteiger partial charge on any atom is 0.227 e. The van der Waals surface area contributed by atoms with Crippen LogP contribution in [0.15, 0.2) is 24.3 Å². The molecule has 2 rings (SSSR count). The minimum atomic E-state index is 0.128. The zero-order chi connectivity index (χ0) is 13.8. The largest absolute Gasteiger partial charge is 0.341 e. The first kappa shape index (κ1) is 14.1. The number of carbonyl (C=O) groups excluding carboxylic acids is 1. The molecule has 19 heavy (non-hydrogen) atoms. The topological polar surface area (TPSA) is 32.3 Å². The lowest BCUT2D eigenvalue weighted by Gasteiger charge is -2.32. The van der Waals surface area contributed by atoms with Gasteiger partial charge in [-0.25, -0.2) is 0 Å². The highest BCUT2D eigenvalue weighted by Gasteiger charge is 2.29. The molecule has 3 heteroatoms. The van der Waals surface area contributed by atoms with Crippen LogP contribution in [0, 0.1) is 12.8 Å². The number of piperidine rings is 1. The third-order valence-electron chi connectivity index (χ3n) is 4.12. The Hall–Kier alpha value is -1.35. The molecule has 1 fully saturated rings. The van der Waals surface area contributed by atoms with E-state index in [0.29, 0.717) is 12.6 Å². The number of benzene rings is 1. The summed E-state index contributed by atoms with van der Waals surface area (Å²) in [6.07, 6.45) is 2.10. The third kappa shape index (κ3) is 3.35. The summed E-state index contributed by atoms with van der Waals surface area (Å²) in [7, 11) is 1.91. The second-order valence-electron chi connectivity index (χ2n) is 5.61. The van der Waals surface area contributed by atoms with Crippen molar-refractivity contribution >= 4 is 5.91 Å². The average Bonchev–Trinajstić information content (AvgIpc) is 2.41. The minimum absolute atomic E-state index is 0.128. The van der Waals surface area contributed by atoms with Gasteiger partial charge in [-0.2, -0.15) is 0 Å². The summed E-state index contributed by atoms with van der Waals surface area (Å²) in [5.41, 5.74) is 2.48. The normalized spacial score (nSPS) is 23.1.